The van der Waals surface area contributed by atoms with E-state index in [0.29, 0.717) is 10.7 Å². The first-order valence-corrected chi connectivity index (χ1v) is 17.5. The first-order valence-electron chi connectivity index (χ1n) is 14.9. The monoisotopic (exact) mass is 723 g/mol. The maximum atomic E-state index is 14.6. The number of amides is 2. The van der Waals surface area contributed by atoms with Crippen LogP contribution in [0.1, 0.15) is 43.0 Å². The summed E-state index contributed by atoms with van der Waals surface area (Å²) in [5.41, 5.74) is 3.29. The van der Waals surface area contributed by atoms with Crippen molar-refractivity contribution in [1.29, 1.82) is 0 Å². The van der Waals surface area contributed by atoms with E-state index in [4.69, 9.17) is 11.6 Å². The summed E-state index contributed by atoms with van der Waals surface area (Å²) in [7, 11) is -4.22. The second kappa shape index (κ2) is 14.8. The molecule has 10 heteroatoms. The van der Waals surface area contributed by atoms with E-state index in [1.807, 2.05) is 95.3 Å². The number of anilines is 1. The highest BCUT2D eigenvalue weighted by Crippen LogP contribution is 2.28. The maximum absolute atomic E-state index is 14.6. The molecule has 4 aromatic carbocycles. The number of carbonyl (C=O) groups excluding carboxylic acids is 2. The van der Waals surface area contributed by atoms with Crippen LogP contribution in [0.15, 0.2) is 106 Å². The lowest BCUT2D eigenvalue weighted by Gasteiger charge is -2.35. The Labute approximate surface area is 285 Å². The molecule has 0 aliphatic rings. The number of hydrogen-bond donors (Lipinski definition) is 1. The molecule has 2 amide bonds. The second-order valence-corrected chi connectivity index (χ2v) is 15.5. The first kappa shape index (κ1) is 35.2. The summed E-state index contributed by atoms with van der Waals surface area (Å²) in [6, 6.07) is 27.1. The molecule has 4 aromatic rings. The van der Waals surface area contributed by atoms with Crippen molar-refractivity contribution in [1.82, 2.24) is 10.2 Å². The molecule has 1 N–H and O–H groups in total. The van der Waals surface area contributed by atoms with Gasteiger partial charge in [-0.05, 0) is 105 Å². The smallest absolute Gasteiger partial charge is 0.264 e. The van der Waals surface area contributed by atoms with Gasteiger partial charge in [0, 0.05) is 28.0 Å². The van der Waals surface area contributed by atoms with Crippen LogP contribution in [0.4, 0.5) is 5.69 Å². The predicted octanol–water partition coefficient (Wildman–Crippen LogP) is 7.47. The Balaban J connectivity index is 1.83. The van der Waals surface area contributed by atoms with E-state index in [1.54, 1.807) is 12.1 Å². The molecule has 7 nitrogen and oxygen atoms in total. The lowest BCUT2D eigenvalue weighted by molar-refractivity contribution is -0.140. The van der Waals surface area contributed by atoms with Crippen molar-refractivity contribution in [3.8, 4) is 0 Å². The minimum atomic E-state index is -4.22. The molecule has 0 aliphatic carbocycles. The number of rotatable bonds is 11. The van der Waals surface area contributed by atoms with E-state index in [-0.39, 0.29) is 23.8 Å². The number of halogens is 2. The number of nitrogens with one attached hydrogen (secondary N) is 1. The van der Waals surface area contributed by atoms with Crippen LogP contribution in [-0.2, 0) is 32.6 Å². The number of nitrogens with zero attached hydrogens (tertiary/aromatic N) is 2. The van der Waals surface area contributed by atoms with Crippen LogP contribution < -0.4 is 9.62 Å². The highest BCUT2D eigenvalue weighted by Gasteiger charge is 2.35. The summed E-state index contributed by atoms with van der Waals surface area (Å²) in [5, 5.41) is 3.44. The molecule has 0 bridgehead atoms. The van der Waals surface area contributed by atoms with E-state index in [0.717, 1.165) is 31.0 Å². The summed E-state index contributed by atoms with van der Waals surface area (Å²) in [6.07, 6.45) is 0.235. The third kappa shape index (κ3) is 9.21. The molecule has 0 saturated heterocycles. The standard InChI is InChI=1S/C36H39BrClN3O4S/c1-25-11-18-31(21-26(25)2)41(46(44,45)32-19-16-30(38)17-20-32)24-34(42)40(23-28-12-14-29(37)15-13-28)33(35(43)39-36(3,4)5)22-27-9-7-6-8-10-27/h6-21,33H,22-24H2,1-5H3,(H,39,43)/t33-/m0/s1. The number of sulfonamides is 1. The van der Waals surface area contributed by atoms with E-state index < -0.39 is 34.1 Å². The summed E-state index contributed by atoms with van der Waals surface area (Å²) >= 11 is 9.54. The molecule has 0 aromatic heterocycles. The van der Waals surface area contributed by atoms with Gasteiger partial charge in [0.05, 0.1) is 10.6 Å². The Morgan fingerprint density at radius 3 is 2.07 bits per heavy atom. The topological polar surface area (TPSA) is 86.8 Å². The van der Waals surface area contributed by atoms with Crippen molar-refractivity contribution in [3.05, 3.63) is 129 Å². The van der Waals surface area contributed by atoms with Crippen molar-refractivity contribution >= 4 is 55.1 Å². The third-order valence-corrected chi connectivity index (χ3v) is 10.1. The molecule has 0 heterocycles. The van der Waals surface area contributed by atoms with E-state index in [9.17, 15) is 18.0 Å². The van der Waals surface area contributed by atoms with Gasteiger partial charge in [-0.3, -0.25) is 13.9 Å². The summed E-state index contributed by atoms with van der Waals surface area (Å²) in [6.45, 7) is 9.02. The van der Waals surface area contributed by atoms with Crippen molar-refractivity contribution in [2.45, 2.75) is 64.1 Å². The van der Waals surface area contributed by atoms with Crippen LogP contribution in [-0.4, -0.2) is 43.3 Å². The zero-order valence-electron chi connectivity index (χ0n) is 26.6. The second-order valence-electron chi connectivity index (χ2n) is 12.3. The molecule has 0 saturated carbocycles. The first-order chi connectivity index (χ1) is 21.6. The van der Waals surface area contributed by atoms with Crippen molar-refractivity contribution in [3.63, 3.8) is 0 Å². The molecule has 0 aliphatic heterocycles. The third-order valence-electron chi connectivity index (χ3n) is 7.49. The zero-order chi connectivity index (χ0) is 33.6. The van der Waals surface area contributed by atoms with E-state index in [1.165, 1.54) is 29.2 Å². The minimum absolute atomic E-state index is 0.00583. The molecule has 1 atom stereocenters. The Bertz CT molecular complexity index is 1780. The molecular formula is C36H39BrClN3O4S. The van der Waals surface area contributed by atoms with Crippen molar-refractivity contribution in [2.24, 2.45) is 0 Å². The Hall–Kier alpha value is -3.66. The van der Waals surface area contributed by atoms with Crippen LogP contribution >= 0.6 is 27.5 Å². The highest BCUT2D eigenvalue weighted by molar-refractivity contribution is 9.10. The normalized spacial score (nSPS) is 12.3. The van der Waals surface area contributed by atoms with Gasteiger partial charge in [-0.2, -0.15) is 0 Å². The number of aryl methyl sites for hydroxylation is 2. The highest BCUT2D eigenvalue weighted by atomic mass is 79.9. The number of hydrogen-bond acceptors (Lipinski definition) is 4. The molecule has 0 unspecified atom stereocenters. The van der Waals surface area contributed by atoms with Gasteiger partial charge in [-0.1, -0.05) is 76.1 Å². The fraction of sp³-hybridized carbons (Fsp3) is 0.278. The maximum Gasteiger partial charge on any atom is 0.264 e. The van der Waals surface area contributed by atoms with Gasteiger partial charge in [0.25, 0.3) is 10.0 Å². The Morgan fingerprint density at radius 1 is 0.848 bits per heavy atom. The summed E-state index contributed by atoms with van der Waals surface area (Å²) in [4.78, 5) is 30.1. The number of benzene rings is 4. The summed E-state index contributed by atoms with van der Waals surface area (Å²) < 4.78 is 30.4. The predicted molar refractivity (Wildman–Crippen MR) is 188 cm³/mol. The van der Waals surface area contributed by atoms with Crippen molar-refractivity contribution < 1.29 is 18.0 Å². The lowest BCUT2D eigenvalue weighted by Crippen LogP contribution is -2.56. The quantitative estimate of drug-likeness (QED) is 0.174. The molecule has 46 heavy (non-hydrogen) atoms. The van der Waals surface area contributed by atoms with Gasteiger partial charge >= 0.3 is 0 Å². The fourth-order valence-electron chi connectivity index (χ4n) is 4.94. The van der Waals surface area contributed by atoms with Gasteiger partial charge in [0.1, 0.15) is 12.6 Å². The molecule has 242 valence electrons. The van der Waals surface area contributed by atoms with Gasteiger partial charge in [-0.25, -0.2) is 8.42 Å². The SMILES string of the molecule is Cc1ccc(N(CC(=O)N(Cc2ccc(Br)cc2)[C@@H](Cc2ccccc2)C(=O)NC(C)(C)C)S(=O)(=O)c2ccc(Cl)cc2)cc1C. The fourth-order valence-corrected chi connectivity index (χ4v) is 6.73. The van der Waals surface area contributed by atoms with E-state index in [2.05, 4.69) is 21.2 Å². The van der Waals surface area contributed by atoms with Crippen molar-refractivity contribution in [2.75, 3.05) is 10.8 Å². The Morgan fingerprint density at radius 2 is 1.48 bits per heavy atom. The van der Waals surface area contributed by atoms with Gasteiger partial charge in [-0.15, -0.1) is 0 Å². The zero-order valence-corrected chi connectivity index (χ0v) is 29.8. The van der Waals surface area contributed by atoms with Crippen LogP contribution in [0, 0.1) is 13.8 Å². The van der Waals surface area contributed by atoms with Crippen LogP contribution in [0.3, 0.4) is 0 Å². The molecule has 4 rings (SSSR count). The van der Waals surface area contributed by atoms with Crippen LogP contribution in [0.5, 0.6) is 0 Å². The Kier molecular flexibility index (Phi) is 11.4. The number of carbonyl (C=O) groups is 2. The summed E-state index contributed by atoms with van der Waals surface area (Å²) in [5.74, 6) is -0.858. The van der Waals surface area contributed by atoms with Gasteiger partial charge in [0.15, 0.2) is 0 Å². The average molecular weight is 725 g/mol. The van der Waals surface area contributed by atoms with Crippen LogP contribution in [0.25, 0.3) is 0 Å². The minimum Gasteiger partial charge on any atom is -0.350 e. The van der Waals surface area contributed by atoms with Crippen LogP contribution in [0.2, 0.25) is 5.02 Å². The lowest BCUT2D eigenvalue weighted by atomic mass is 10.0. The average Bonchev–Trinajstić information content (AvgIpc) is 2.99. The molecule has 0 radical (unpaired) electrons. The van der Waals surface area contributed by atoms with Gasteiger partial charge < -0.3 is 10.2 Å². The van der Waals surface area contributed by atoms with Gasteiger partial charge in [0.2, 0.25) is 11.8 Å². The molecule has 0 spiro atoms. The largest absolute Gasteiger partial charge is 0.350 e. The molecule has 0 fully saturated rings. The van der Waals surface area contributed by atoms with E-state index >= 15 is 0 Å². The molecular weight excluding hydrogens is 686 g/mol.